The molecule has 3 rings (SSSR count). The van der Waals surface area contributed by atoms with Crippen molar-refractivity contribution in [3.63, 3.8) is 0 Å². The molecule has 0 fully saturated rings. The fourth-order valence-corrected chi connectivity index (χ4v) is 8.13. The average Bonchev–Trinajstić information content (AvgIpc) is 3.19. The Bertz CT molecular complexity index is 1410. The zero-order chi connectivity index (χ0) is 40.4. The van der Waals surface area contributed by atoms with Gasteiger partial charge in [-0.05, 0) is 96.5 Å². The highest BCUT2D eigenvalue weighted by atomic mass is 15.0. The molecular weight excluding hydrogens is 685 g/mol. The van der Waals surface area contributed by atoms with Crippen LogP contribution < -0.4 is 0 Å². The molecule has 0 aromatic carbocycles. The Hall–Kier alpha value is -2.76. The Morgan fingerprint density at radius 3 is 0.768 bits per heavy atom. The van der Waals surface area contributed by atoms with E-state index in [1.807, 2.05) is 0 Å². The molecule has 3 aromatic rings. The molecule has 0 atom stereocenters. The molecule has 0 N–H and O–H groups in total. The van der Waals surface area contributed by atoms with E-state index in [2.05, 4.69) is 55.4 Å². The topological polar surface area (TPSA) is 77.3 Å². The summed E-state index contributed by atoms with van der Waals surface area (Å²) in [6.07, 6.45) is 35.0. The zero-order valence-corrected chi connectivity index (χ0v) is 37.9. The first-order valence-electron chi connectivity index (χ1n) is 24.0. The summed E-state index contributed by atoms with van der Waals surface area (Å²) in [4.78, 5) is 32.6. The first-order chi connectivity index (χ1) is 27.4. The standard InChI is InChI=1S/C50H84N6/c1-9-15-21-27-33-41-39(7)42(34-28-22-16-10-2)54-49(53-41)48-45(37-31-25-19-13-5)55-50(56-46(48)38-32-26-20-14-6)47-43(35-29-23-17-11-3)51-40(8)52-44(47)36-30-24-18-12-4/h9-38H2,1-8H3. The first kappa shape index (κ1) is 47.6. The molecule has 314 valence electrons. The van der Waals surface area contributed by atoms with Gasteiger partial charge in [0.2, 0.25) is 0 Å². The lowest BCUT2D eigenvalue weighted by molar-refractivity contribution is 0.642. The summed E-state index contributed by atoms with van der Waals surface area (Å²) in [6, 6.07) is 0. The molecular formula is C50H84N6. The first-order valence-corrected chi connectivity index (χ1v) is 24.0. The lowest BCUT2D eigenvalue weighted by atomic mass is 9.97. The van der Waals surface area contributed by atoms with Gasteiger partial charge in [-0.25, -0.2) is 29.9 Å². The molecule has 0 amide bonds. The molecule has 0 saturated heterocycles. The molecule has 0 spiro atoms. The summed E-state index contributed by atoms with van der Waals surface area (Å²) in [5.74, 6) is 2.62. The van der Waals surface area contributed by atoms with Crippen molar-refractivity contribution in [3.05, 3.63) is 45.6 Å². The van der Waals surface area contributed by atoms with E-state index in [9.17, 15) is 0 Å². The van der Waals surface area contributed by atoms with Crippen LogP contribution in [0.15, 0.2) is 0 Å². The minimum absolute atomic E-state index is 0.854. The van der Waals surface area contributed by atoms with Crippen LogP contribution in [0, 0.1) is 13.8 Å². The number of unbranched alkanes of at least 4 members (excludes halogenated alkanes) is 18. The molecule has 0 saturated carbocycles. The van der Waals surface area contributed by atoms with Gasteiger partial charge in [0.15, 0.2) is 11.6 Å². The van der Waals surface area contributed by atoms with Crippen LogP contribution in [0.3, 0.4) is 0 Å². The molecule has 0 unspecified atom stereocenters. The van der Waals surface area contributed by atoms with Crippen molar-refractivity contribution in [3.8, 4) is 22.8 Å². The maximum Gasteiger partial charge on any atom is 0.163 e. The molecule has 0 aliphatic heterocycles. The third-order valence-electron chi connectivity index (χ3n) is 11.6. The molecule has 3 heterocycles. The van der Waals surface area contributed by atoms with Gasteiger partial charge >= 0.3 is 0 Å². The summed E-state index contributed by atoms with van der Waals surface area (Å²) >= 11 is 0. The number of hydrogen-bond acceptors (Lipinski definition) is 6. The van der Waals surface area contributed by atoms with E-state index in [1.165, 1.54) is 145 Å². The second-order valence-corrected chi connectivity index (χ2v) is 16.8. The summed E-state index contributed by atoms with van der Waals surface area (Å²) in [5.41, 5.74) is 10.6. The largest absolute Gasteiger partial charge is 0.237 e. The van der Waals surface area contributed by atoms with Crippen LogP contribution in [-0.2, 0) is 38.5 Å². The quantitative estimate of drug-likeness (QED) is 0.0589. The van der Waals surface area contributed by atoms with Gasteiger partial charge in [0, 0.05) is 11.4 Å². The van der Waals surface area contributed by atoms with Gasteiger partial charge in [-0.1, -0.05) is 157 Å². The monoisotopic (exact) mass is 769 g/mol. The lowest BCUT2D eigenvalue weighted by Crippen LogP contribution is -2.14. The van der Waals surface area contributed by atoms with E-state index in [4.69, 9.17) is 29.9 Å². The van der Waals surface area contributed by atoms with Gasteiger partial charge in [-0.3, -0.25) is 0 Å². The number of hydrogen-bond donors (Lipinski definition) is 0. The predicted molar refractivity (Wildman–Crippen MR) is 241 cm³/mol. The van der Waals surface area contributed by atoms with Gasteiger partial charge in [0.05, 0.1) is 33.9 Å². The number of nitrogens with zero attached hydrogens (tertiary/aromatic N) is 6. The molecule has 6 nitrogen and oxygen atoms in total. The van der Waals surface area contributed by atoms with E-state index in [0.717, 1.165) is 116 Å². The van der Waals surface area contributed by atoms with Crippen LogP contribution in [0.4, 0.5) is 0 Å². The normalized spacial score (nSPS) is 11.6. The molecule has 0 aliphatic carbocycles. The summed E-state index contributed by atoms with van der Waals surface area (Å²) in [5, 5.41) is 0. The third kappa shape index (κ3) is 16.2. The Kier molecular flexibility index (Phi) is 24.3. The van der Waals surface area contributed by atoms with Crippen molar-refractivity contribution < 1.29 is 0 Å². The zero-order valence-electron chi connectivity index (χ0n) is 37.9. The second-order valence-electron chi connectivity index (χ2n) is 16.8. The number of rotatable bonds is 32. The fourth-order valence-electron chi connectivity index (χ4n) is 8.13. The number of aromatic nitrogens is 6. The summed E-state index contributed by atoms with van der Waals surface area (Å²) in [7, 11) is 0. The van der Waals surface area contributed by atoms with E-state index < -0.39 is 0 Å². The predicted octanol–water partition coefficient (Wildman–Crippen LogP) is 14.7. The van der Waals surface area contributed by atoms with Crippen LogP contribution in [0.1, 0.15) is 241 Å². The van der Waals surface area contributed by atoms with Crippen LogP contribution in [-0.4, -0.2) is 29.9 Å². The van der Waals surface area contributed by atoms with Gasteiger partial charge in [-0.2, -0.15) is 0 Å². The smallest absolute Gasteiger partial charge is 0.163 e. The van der Waals surface area contributed by atoms with E-state index in [-0.39, 0.29) is 0 Å². The van der Waals surface area contributed by atoms with Crippen molar-refractivity contribution in [2.24, 2.45) is 0 Å². The molecule has 6 heteroatoms. The minimum Gasteiger partial charge on any atom is -0.237 e. The van der Waals surface area contributed by atoms with Crippen molar-refractivity contribution in [2.75, 3.05) is 0 Å². The third-order valence-corrected chi connectivity index (χ3v) is 11.6. The van der Waals surface area contributed by atoms with Gasteiger partial charge in [0.25, 0.3) is 0 Å². The van der Waals surface area contributed by atoms with Crippen molar-refractivity contribution in [1.82, 2.24) is 29.9 Å². The average molecular weight is 769 g/mol. The molecule has 0 aliphatic rings. The van der Waals surface area contributed by atoms with Crippen molar-refractivity contribution in [2.45, 2.75) is 248 Å². The molecule has 0 bridgehead atoms. The van der Waals surface area contributed by atoms with Crippen LogP contribution in [0.5, 0.6) is 0 Å². The maximum absolute atomic E-state index is 5.65. The molecule has 3 aromatic heterocycles. The van der Waals surface area contributed by atoms with Crippen molar-refractivity contribution in [1.29, 1.82) is 0 Å². The van der Waals surface area contributed by atoms with E-state index in [1.54, 1.807) is 0 Å². The highest BCUT2D eigenvalue weighted by Crippen LogP contribution is 2.34. The number of aryl methyl sites for hydroxylation is 7. The van der Waals surface area contributed by atoms with E-state index in [0.29, 0.717) is 0 Å². The van der Waals surface area contributed by atoms with Crippen molar-refractivity contribution >= 4 is 0 Å². The Balaban J connectivity index is 2.32. The molecule has 0 radical (unpaired) electrons. The maximum atomic E-state index is 5.65. The van der Waals surface area contributed by atoms with Crippen LogP contribution in [0.25, 0.3) is 22.8 Å². The summed E-state index contributed by atoms with van der Waals surface area (Å²) < 4.78 is 0. The fraction of sp³-hybridized carbons (Fsp3) is 0.760. The van der Waals surface area contributed by atoms with Crippen LogP contribution in [0.2, 0.25) is 0 Å². The van der Waals surface area contributed by atoms with Crippen LogP contribution >= 0.6 is 0 Å². The highest BCUT2D eigenvalue weighted by Gasteiger charge is 2.25. The van der Waals surface area contributed by atoms with E-state index >= 15 is 0 Å². The summed E-state index contributed by atoms with van der Waals surface area (Å²) in [6.45, 7) is 18.1. The minimum atomic E-state index is 0.854. The Morgan fingerprint density at radius 2 is 0.500 bits per heavy atom. The Labute approximate surface area is 345 Å². The Morgan fingerprint density at radius 1 is 0.268 bits per heavy atom. The lowest BCUT2D eigenvalue weighted by Gasteiger charge is -2.20. The highest BCUT2D eigenvalue weighted by molar-refractivity contribution is 5.68. The SMILES string of the molecule is CCCCCCc1nc(-c2c(CCCCCC)nc(-c3c(CCCCCC)nc(C)nc3CCCCCC)nc2CCCCCC)nc(CCCCCC)c1C. The van der Waals surface area contributed by atoms with Gasteiger partial charge < -0.3 is 0 Å². The van der Waals surface area contributed by atoms with Gasteiger partial charge in [-0.15, -0.1) is 0 Å². The van der Waals surface area contributed by atoms with Gasteiger partial charge in [0.1, 0.15) is 5.82 Å². The second kappa shape index (κ2) is 28.6. The molecule has 56 heavy (non-hydrogen) atoms.